The highest BCUT2D eigenvalue weighted by atomic mass is 16.3. The van der Waals surface area contributed by atoms with E-state index in [1.807, 2.05) is 26.0 Å². The van der Waals surface area contributed by atoms with Crippen molar-refractivity contribution in [1.82, 2.24) is 0 Å². The molecule has 0 fully saturated rings. The number of anilines is 2. The molecule has 1 amide bonds. The molecule has 0 saturated carbocycles. The molecule has 2 aromatic rings. The van der Waals surface area contributed by atoms with Gasteiger partial charge in [0.15, 0.2) is 0 Å². The van der Waals surface area contributed by atoms with Crippen molar-refractivity contribution in [3.63, 3.8) is 0 Å². The number of phenols is 1. The molecule has 0 spiro atoms. The van der Waals surface area contributed by atoms with E-state index in [1.165, 1.54) is 6.08 Å². The van der Waals surface area contributed by atoms with E-state index in [0.29, 0.717) is 24.2 Å². The molecule has 5 heteroatoms. The highest BCUT2D eigenvalue weighted by molar-refractivity contribution is 6.01. The summed E-state index contributed by atoms with van der Waals surface area (Å²) in [5, 5.41) is 22.7. The molecule has 0 heterocycles. The van der Waals surface area contributed by atoms with Gasteiger partial charge in [0, 0.05) is 0 Å². The molecule has 0 aliphatic carbocycles. The average Bonchev–Trinajstić information content (AvgIpc) is 2.61. The summed E-state index contributed by atoms with van der Waals surface area (Å²) < 4.78 is 0. The first-order valence-electron chi connectivity index (χ1n) is 8.58. The van der Waals surface area contributed by atoms with Gasteiger partial charge in [-0.2, -0.15) is 0 Å². The summed E-state index contributed by atoms with van der Waals surface area (Å²) in [4.78, 5) is 11.9. The molecule has 2 aromatic carbocycles. The number of para-hydroxylation sites is 2. The summed E-state index contributed by atoms with van der Waals surface area (Å²) in [5.41, 5.74) is 7.29. The number of hydrogen-bond acceptors (Lipinski definition) is 4. The molecular formula is C21H26N2O3. The van der Waals surface area contributed by atoms with Crippen LogP contribution < -0.4 is 11.1 Å². The van der Waals surface area contributed by atoms with Crippen LogP contribution in [0.4, 0.5) is 11.4 Å². The third kappa shape index (κ3) is 5.36. The van der Waals surface area contributed by atoms with Crippen LogP contribution in [0.3, 0.4) is 0 Å². The molecule has 0 unspecified atom stereocenters. The van der Waals surface area contributed by atoms with Gasteiger partial charge < -0.3 is 21.3 Å². The minimum absolute atomic E-state index is 0.173. The minimum Gasteiger partial charge on any atom is -0.508 e. The minimum atomic E-state index is -0.658. The fourth-order valence-corrected chi connectivity index (χ4v) is 2.68. The van der Waals surface area contributed by atoms with Crippen molar-refractivity contribution in [2.75, 3.05) is 11.1 Å². The Morgan fingerprint density at radius 1 is 1.19 bits per heavy atom. The van der Waals surface area contributed by atoms with Crippen molar-refractivity contribution in [2.24, 2.45) is 5.41 Å². The summed E-state index contributed by atoms with van der Waals surface area (Å²) in [6, 6.07) is 13.7. The first-order valence-corrected chi connectivity index (χ1v) is 8.58. The van der Waals surface area contributed by atoms with Crippen molar-refractivity contribution in [2.45, 2.75) is 32.8 Å². The largest absolute Gasteiger partial charge is 0.508 e. The summed E-state index contributed by atoms with van der Waals surface area (Å²) >= 11 is 0. The summed E-state index contributed by atoms with van der Waals surface area (Å²) in [6.07, 6.45) is 3.97. The van der Waals surface area contributed by atoms with Crippen LogP contribution in [0, 0.1) is 5.41 Å². The highest BCUT2D eigenvalue weighted by Crippen LogP contribution is 2.37. The number of nitrogens with one attached hydrogen (secondary N) is 1. The zero-order valence-electron chi connectivity index (χ0n) is 15.1. The molecular weight excluding hydrogens is 328 g/mol. The number of aliphatic hydroxyl groups excluding tert-OH is 1. The molecule has 5 N–H and O–H groups in total. The zero-order valence-corrected chi connectivity index (χ0v) is 15.1. The van der Waals surface area contributed by atoms with Gasteiger partial charge >= 0.3 is 0 Å². The molecule has 0 saturated heterocycles. The second-order valence-electron chi connectivity index (χ2n) is 7.00. The topological polar surface area (TPSA) is 95.6 Å². The molecule has 0 aliphatic rings. The Hall–Kier alpha value is -2.79. The Kier molecular flexibility index (Phi) is 6.41. The van der Waals surface area contributed by atoms with Gasteiger partial charge in [-0.3, -0.25) is 4.79 Å². The lowest BCUT2D eigenvalue weighted by Crippen LogP contribution is -2.21. The number of aliphatic hydroxyl groups is 1. The van der Waals surface area contributed by atoms with Gasteiger partial charge in [0.25, 0.3) is 0 Å². The number of carbonyl (C=O) groups excluding carboxylic acids is 1. The van der Waals surface area contributed by atoms with Crippen molar-refractivity contribution < 1.29 is 15.0 Å². The van der Waals surface area contributed by atoms with E-state index in [9.17, 15) is 15.0 Å². The molecule has 26 heavy (non-hydrogen) atoms. The molecule has 0 aromatic heterocycles. The summed E-state index contributed by atoms with van der Waals surface area (Å²) in [7, 11) is 0. The number of carbonyl (C=O) groups is 1. The number of aromatic hydroxyl groups is 1. The van der Waals surface area contributed by atoms with Crippen molar-refractivity contribution in [3.05, 3.63) is 66.2 Å². The lowest BCUT2D eigenvalue weighted by atomic mass is 9.79. The molecule has 5 nitrogen and oxygen atoms in total. The monoisotopic (exact) mass is 354 g/mol. The van der Waals surface area contributed by atoms with Gasteiger partial charge in [-0.25, -0.2) is 0 Å². The predicted octanol–water partition coefficient (Wildman–Crippen LogP) is 4.01. The SMILES string of the molecule is CC(C)(CC/C=C/C(=O)Nc1ccccc1N)[C@@H](O)c1ccc(O)cc1. The summed E-state index contributed by atoms with van der Waals surface area (Å²) in [6.45, 7) is 3.95. The van der Waals surface area contributed by atoms with E-state index in [2.05, 4.69) is 5.32 Å². The van der Waals surface area contributed by atoms with E-state index in [4.69, 9.17) is 5.73 Å². The molecule has 138 valence electrons. The van der Waals surface area contributed by atoms with Crippen LogP contribution in [0.5, 0.6) is 5.75 Å². The van der Waals surface area contributed by atoms with E-state index in [1.54, 1.807) is 42.5 Å². The van der Waals surface area contributed by atoms with Crippen LogP contribution >= 0.6 is 0 Å². The molecule has 2 rings (SSSR count). The maximum atomic E-state index is 11.9. The quantitative estimate of drug-likeness (QED) is 0.446. The Morgan fingerprint density at radius 3 is 2.50 bits per heavy atom. The Balaban J connectivity index is 1.87. The van der Waals surface area contributed by atoms with E-state index >= 15 is 0 Å². The van der Waals surface area contributed by atoms with E-state index in [0.717, 1.165) is 5.56 Å². The second kappa shape index (κ2) is 8.54. The van der Waals surface area contributed by atoms with Crippen molar-refractivity contribution >= 4 is 17.3 Å². The maximum Gasteiger partial charge on any atom is 0.248 e. The van der Waals surface area contributed by atoms with Crippen molar-refractivity contribution in [3.8, 4) is 5.75 Å². The molecule has 1 atom stereocenters. The van der Waals surface area contributed by atoms with Crippen LogP contribution in [-0.2, 0) is 4.79 Å². The number of hydrogen-bond donors (Lipinski definition) is 4. The fraction of sp³-hybridized carbons (Fsp3) is 0.286. The predicted molar refractivity (Wildman–Crippen MR) is 105 cm³/mol. The van der Waals surface area contributed by atoms with Gasteiger partial charge in [0.2, 0.25) is 5.91 Å². The zero-order chi connectivity index (χ0) is 19.2. The summed E-state index contributed by atoms with van der Waals surface area (Å²) in [5.74, 6) is -0.0634. The van der Waals surface area contributed by atoms with Crippen LogP contribution in [-0.4, -0.2) is 16.1 Å². The molecule has 0 radical (unpaired) electrons. The van der Waals surface area contributed by atoms with Crippen LogP contribution in [0.25, 0.3) is 0 Å². The smallest absolute Gasteiger partial charge is 0.248 e. The fourth-order valence-electron chi connectivity index (χ4n) is 2.68. The third-order valence-electron chi connectivity index (χ3n) is 4.39. The molecule has 0 bridgehead atoms. The number of phenolic OH excluding ortho intramolecular Hbond substituents is 1. The number of amides is 1. The molecule has 0 aliphatic heterocycles. The van der Waals surface area contributed by atoms with Gasteiger partial charge in [0.1, 0.15) is 5.75 Å². The number of nitrogens with two attached hydrogens (primary N) is 1. The van der Waals surface area contributed by atoms with Crippen LogP contribution in [0.2, 0.25) is 0 Å². The maximum absolute atomic E-state index is 11.9. The average molecular weight is 354 g/mol. The number of nitrogen functional groups attached to an aromatic ring is 1. The van der Waals surface area contributed by atoms with Crippen molar-refractivity contribution in [1.29, 1.82) is 0 Å². The lowest BCUT2D eigenvalue weighted by molar-refractivity contribution is -0.111. The Labute approximate surface area is 154 Å². The van der Waals surface area contributed by atoms with Gasteiger partial charge in [-0.15, -0.1) is 0 Å². The number of benzene rings is 2. The van der Waals surface area contributed by atoms with E-state index in [-0.39, 0.29) is 17.1 Å². The van der Waals surface area contributed by atoms with Crippen LogP contribution in [0.15, 0.2) is 60.7 Å². The standard InChI is InChI=1S/C21H26N2O3/c1-21(2,20(26)15-10-12-16(24)13-11-15)14-6-5-9-19(25)23-18-8-4-3-7-17(18)22/h3-5,7-13,20,24,26H,6,14,22H2,1-2H3,(H,23,25)/b9-5+/t20-/m0/s1. The first-order chi connectivity index (χ1) is 12.3. The van der Waals surface area contributed by atoms with E-state index < -0.39 is 6.10 Å². The van der Waals surface area contributed by atoms with Gasteiger partial charge in [0.05, 0.1) is 17.5 Å². The highest BCUT2D eigenvalue weighted by Gasteiger charge is 2.28. The number of rotatable bonds is 7. The van der Waals surface area contributed by atoms with Gasteiger partial charge in [-0.1, -0.05) is 44.2 Å². The van der Waals surface area contributed by atoms with Gasteiger partial charge in [-0.05, 0) is 54.2 Å². The Bertz CT molecular complexity index is 767. The Morgan fingerprint density at radius 2 is 1.85 bits per heavy atom. The second-order valence-corrected chi connectivity index (χ2v) is 7.00. The third-order valence-corrected chi connectivity index (χ3v) is 4.39. The first kappa shape index (κ1) is 19.5. The normalized spacial score (nSPS) is 12.9. The number of allylic oxidation sites excluding steroid dienone is 1. The van der Waals surface area contributed by atoms with Crippen LogP contribution in [0.1, 0.15) is 38.4 Å². The lowest BCUT2D eigenvalue weighted by Gasteiger charge is -2.30.